The lowest BCUT2D eigenvalue weighted by atomic mass is 10.2. The first kappa shape index (κ1) is 24.4. The van der Waals surface area contributed by atoms with Crippen LogP contribution in [0, 0.1) is 0 Å². The van der Waals surface area contributed by atoms with Gasteiger partial charge in [-0.1, -0.05) is 91.0 Å². The summed E-state index contributed by atoms with van der Waals surface area (Å²) < 4.78 is 30.8. The van der Waals surface area contributed by atoms with Crippen LogP contribution in [0.1, 0.15) is 30.0 Å². The van der Waals surface area contributed by atoms with E-state index in [1.807, 2.05) is 97.9 Å². The Morgan fingerprint density at radius 2 is 1.12 bits per heavy atom. The van der Waals surface area contributed by atoms with Crippen LogP contribution in [0.2, 0.25) is 0 Å². The molecule has 0 aliphatic carbocycles. The van der Waals surface area contributed by atoms with E-state index in [1.165, 1.54) is 0 Å². The summed E-state index contributed by atoms with van der Waals surface area (Å²) in [6.45, 7) is 2.59. The predicted molar refractivity (Wildman–Crippen MR) is 126 cm³/mol. The molecule has 3 aromatic rings. The smallest absolute Gasteiger partial charge is 0.331 e. The van der Waals surface area contributed by atoms with Crippen molar-refractivity contribution in [1.29, 1.82) is 0 Å². The highest BCUT2D eigenvalue weighted by Crippen LogP contribution is 2.50. The number of rotatable bonds is 13. The van der Waals surface area contributed by atoms with Gasteiger partial charge in [0.1, 0.15) is 0 Å². The van der Waals surface area contributed by atoms with Gasteiger partial charge in [0.05, 0.1) is 38.2 Å². The Morgan fingerprint density at radius 1 is 0.719 bits per heavy atom. The van der Waals surface area contributed by atoms with Crippen LogP contribution < -0.4 is 0 Å². The Bertz CT molecular complexity index is 902. The molecular weight excluding hydrogens is 423 g/mol. The molecule has 1 N–H and O–H groups in total. The summed E-state index contributed by atoms with van der Waals surface area (Å²) in [6, 6.07) is 28.9. The normalized spacial score (nSPS) is 13.6. The second-order valence-corrected chi connectivity index (χ2v) is 9.90. The van der Waals surface area contributed by atoms with E-state index >= 15 is 0 Å². The highest BCUT2D eigenvalue weighted by molar-refractivity contribution is 7.53. The van der Waals surface area contributed by atoms with E-state index in [0.29, 0.717) is 6.61 Å². The standard InChI is InChI=1S/C26H31O5P/c1-22(29-19-23-11-5-2-6-12-23)26(27)17-18-32(28,30-20-24-13-7-3-8-14-24)31-21-25-15-9-4-10-16-25/h2-16,22,26-27H,17-21H2,1H3/t22-,26+/m0/s1. The number of aliphatic hydroxyl groups excluding tert-OH is 1. The largest absolute Gasteiger partial charge is 0.390 e. The maximum absolute atomic E-state index is 13.5. The molecule has 0 spiro atoms. The molecule has 0 radical (unpaired) electrons. The first-order valence-electron chi connectivity index (χ1n) is 10.8. The lowest BCUT2D eigenvalue weighted by Gasteiger charge is -2.23. The molecule has 0 fully saturated rings. The molecule has 0 unspecified atom stereocenters. The van der Waals surface area contributed by atoms with Crippen molar-refractivity contribution < 1.29 is 23.5 Å². The molecule has 0 amide bonds. The minimum atomic E-state index is -3.44. The van der Waals surface area contributed by atoms with Crippen molar-refractivity contribution >= 4 is 7.60 Å². The summed E-state index contributed by atoms with van der Waals surface area (Å²) in [5, 5.41) is 10.6. The predicted octanol–water partition coefficient (Wildman–Crippen LogP) is 5.97. The summed E-state index contributed by atoms with van der Waals surface area (Å²) in [6.07, 6.45) is -0.844. The topological polar surface area (TPSA) is 65.0 Å². The summed E-state index contributed by atoms with van der Waals surface area (Å²) >= 11 is 0. The fourth-order valence-electron chi connectivity index (χ4n) is 3.10. The maximum Gasteiger partial charge on any atom is 0.331 e. The van der Waals surface area contributed by atoms with Gasteiger partial charge in [-0.2, -0.15) is 0 Å². The summed E-state index contributed by atoms with van der Waals surface area (Å²) in [5.74, 6) is 0. The van der Waals surface area contributed by atoms with E-state index in [4.69, 9.17) is 13.8 Å². The molecule has 0 saturated carbocycles. The fraction of sp³-hybridized carbons (Fsp3) is 0.308. The molecule has 170 valence electrons. The minimum Gasteiger partial charge on any atom is -0.390 e. The lowest BCUT2D eigenvalue weighted by molar-refractivity contribution is -0.0362. The zero-order valence-corrected chi connectivity index (χ0v) is 19.3. The van der Waals surface area contributed by atoms with Crippen molar-refractivity contribution in [2.24, 2.45) is 0 Å². The van der Waals surface area contributed by atoms with Gasteiger partial charge in [0.2, 0.25) is 0 Å². The van der Waals surface area contributed by atoms with E-state index < -0.39 is 19.8 Å². The van der Waals surface area contributed by atoms with Crippen LogP contribution in [0.5, 0.6) is 0 Å². The van der Waals surface area contributed by atoms with Crippen LogP contribution >= 0.6 is 7.60 Å². The van der Waals surface area contributed by atoms with Gasteiger partial charge in [-0.15, -0.1) is 0 Å². The molecule has 6 heteroatoms. The van der Waals surface area contributed by atoms with Crippen molar-refractivity contribution in [3.63, 3.8) is 0 Å². The van der Waals surface area contributed by atoms with Crippen LogP contribution in [-0.2, 0) is 38.2 Å². The summed E-state index contributed by atoms with van der Waals surface area (Å²) in [7, 11) is -3.44. The zero-order chi connectivity index (χ0) is 22.7. The molecule has 0 aromatic heterocycles. The molecule has 3 aromatic carbocycles. The Balaban J connectivity index is 1.55. The Hall–Kier alpha value is -2.27. The Labute approximate surface area is 190 Å². The second kappa shape index (κ2) is 12.7. The maximum atomic E-state index is 13.5. The van der Waals surface area contributed by atoms with E-state index in [0.717, 1.165) is 16.7 Å². The third kappa shape index (κ3) is 8.34. The van der Waals surface area contributed by atoms with E-state index in [-0.39, 0.29) is 25.8 Å². The number of aliphatic hydroxyl groups is 1. The van der Waals surface area contributed by atoms with Gasteiger partial charge in [0.15, 0.2) is 0 Å². The van der Waals surface area contributed by atoms with Crippen LogP contribution in [0.4, 0.5) is 0 Å². The number of hydrogen-bond donors (Lipinski definition) is 1. The van der Waals surface area contributed by atoms with E-state index in [2.05, 4.69) is 0 Å². The average molecular weight is 455 g/mol. The van der Waals surface area contributed by atoms with Crippen molar-refractivity contribution in [2.75, 3.05) is 6.16 Å². The first-order chi connectivity index (χ1) is 15.5. The van der Waals surface area contributed by atoms with Crippen LogP contribution in [0.15, 0.2) is 91.0 Å². The third-order valence-electron chi connectivity index (χ3n) is 5.14. The van der Waals surface area contributed by atoms with E-state index in [9.17, 15) is 9.67 Å². The average Bonchev–Trinajstić information content (AvgIpc) is 2.85. The van der Waals surface area contributed by atoms with Crippen LogP contribution in [0.3, 0.4) is 0 Å². The van der Waals surface area contributed by atoms with Gasteiger partial charge in [0, 0.05) is 0 Å². The minimum absolute atomic E-state index is 0.104. The molecule has 0 bridgehead atoms. The van der Waals surface area contributed by atoms with Gasteiger partial charge in [-0.05, 0) is 30.0 Å². The molecule has 32 heavy (non-hydrogen) atoms. The van der Waals surface area contributed by atoms with Crippen molar-refractivity contribution in [2.45, 2.75) is 45.4 Å². The second-order valence-electron chi connectivity index (χ2n) is 7.71. The molecular formula is C26H31O5P. The number of benzene rings is 3. The SMILES string of the molecule is C[C@H](OCc1ccccc1)[C@H](O)CCP(=O)(OCc1ccccc1)OCc1ccccc1. The monoisotopic (exact) mass is 454 g/mol. The van der Waals surface area contributed by atoms with Gasteiger partial charge < -0.3 is 18.9 Å². The van der Waals surface area contributed by atoms with Gasteiger partial charge in [-0.3, -0.25) is 4.57 Å². The highest BCUT2D eigenvalue weighted by atomic mass is 31.2. The number of hydrogen-bond acceptors (Lipinski definition) is 5. The fourth-order valence-corrected chi connectivity index (χ4v) is 4.70. The summed E-state index contributed by atoms with van der Waals surface area (Å²) in [5.41, 5.74) is 2.86. The van der Waals surface area contributed by atoms with E-state index in [1.54, 1.807) is 0 Å². The Morgan fingerprint density at radius 3 is 1.56 bits per heavy atom. The van der Waals surface area contributed by atoms with Crippen LogP contribution in [-0.4, -0.2) is 23.5 Å². The highest BCUT2D eigenvalue weighted by Gasteiger charge is 2.28. The number of ether oxygens (including phenoxy) is 1. The quantitative estimate of drug-likeness (QED) is 0.322. The zero-order valence-electron chi connectivity index (χ0n) is 18.4. The van der Waals surface area contributed by atoms with Crippen molar-refractivity contribution in [3.05, 3.63) is 108 Å². The summed E-state index contributed by atoms with van der Waals surface area (Å²) in [4.78, 5) is 0. The van der Waals surface area contributed by atoms with Gasteiger partial charge >= 0.3 is 7.60 Å². The molecule has 0 saturated heterocycles. The molecule has 0 aliphatic rings. The molecule has 0 heterocycles. The van der Waals surface area contributed by atoms with Gasteiger partial charge in [-0.25, -0.2) is 0 Å². The van der Waals surface area contributed by atoms with Crippen molar-refractivity contribution in [1.82, 2.24) is 0 Å². The van der Waals surface area contributed by atoms with Crippen LogP contribution in [0.25, 0.3) is 0 Å². The first-order valence-corrected chi connectivity index (χ1v) is 12.6. The molecule has 3 rings (SSSR count). The Kier molecular flexibility index (Phi) is 9.66. The van der Waals surface area contributed by atoms with Gasteiger partial charge in [0.25, 0.3) is 0 Å². The molecule has 0 aliphatic heterocycles. The molecule has 2 atom stereocenters. The molecule has 5 nitrogen and oxygen atoms in total. The lowest BCUT2D eigenvalue weighted by Crippen LogP contribution is -2.27. The van der Waals surface area contributed by atoms with Crippen molar-refractivity contribution in [3.8, 4) is 0 Å². The third-order valence-corrected chi connectivity index (χ3v) is 6.99.